The van der Waals surface area contributed by atoms with Gasteiger partial charge in [-0.25, -0.2) is 4.98 Å². The van der Waals surface area contributed by atoms with E-state index >= 15 is 0 Å². The van der Waals surface area contributed by atoms with Crippen LogP contribution in [0.2, 0.25) is 0 Å². The van der Waals surface area contributed by atoms with E-state index in [1.165, 1.54) is 18.0 Å². The van der Waals surface area contributed by atoms with Gasteiger partial charge in [0.1, 0.15) is 5.82 Å². The molecule has 128 valence electrons. The second-order valence-electron chi connectivity index (χ2n) is 5.24. The van der Waals surface area contributed by atoms with Crippen LogP contribution < -0.4 is 10.3 Å². The van der Waals surface area contributed by atoms with Crippen LogP contribution >= 0.6 is 38.5 Å². The minimum absolute atomic E-state index is 0.00921. The average molecular weight is 514 g/mol. The van der Waals surface area contributed by atoms with Gasteiger partial charge in [-0.15, -0.1) is 0 Å². The third-order valence-electron chi connectivity index (χ3n) is 3.56. The molecule has 3 aromatic rings. The van der Waals surface area contributed by atoms with Crippen molar-refractivity contribution in [2.75, 3.05) is 7.11 Å². The number of halogens is 2. The van der Waals surface area contributed by atoms with E-state index in [2.05, 4.69) is 48.6 Å². The molecule has 1 heterocycles. The standard InChI is InChI=1S/C17H13BrIN3O3/c1-9-21-14-4-3-11(19)7-12(14)17(24)22(9)20-8-10-5-13(18)16(23)15(6-10)25-2/h3-8,23H,1-2H3/b20-8+. The van der Waals surface area contributed by atoms with Crippen molar-refractivity contribution in [3.05, 3.63) is 60.1 Å². The first-order valence-electron chi connectivity index (χ1n) is 7.20. The molecular weight excluding hydrogens is 501 g/mol. The number of nitrogens with zero attached hydrogens (tertiary/aromatic N) is 3. The van der Waals surface area contributed by atoms with Crippen molar-refractivity contribution >= 4 is 55.6 Å². The quantitative estimate of drug-likeness (QED) is 0.428. The SMILES string of the molecule is COc1cc(/C=N/n2c(C)nc3ccc(I)cc3c2=O)cc(Br)c1O. The molecule has 0 radical (unpaired) electrons. The fourth-order valence-corrected chi connectivity index (χ4v) is 3.30. The second kappa shape index (κ2) is 7.12. The van der Waals surface area contributed by atoms with Crippen LogP contribution in [0.4, 0.5) is 0 Å². The number of methoxy groups -OCH3 is 1. The van der Waals surface area contributed by atoms with Crippen molar-refractivity contribution in [2.45, 2.75) is 6.92 Å². The van der Waals surface area contributed by atoms with Gasteiger partial charge in [-0.1, -0.05) is 0 Å². The molecule has 0 fully saturated rings. The van der Waals surface area contributed by atoms with Crippen LogP contribution in [0.25, 0.3) is 10.9 Å². The first-order chi connectivity index (χ1) is 11.9. The van der Waals surface area contributed by atoms with Crippen molar-refractivity contribution in [2.24, 2.45) is 5.10 Å². The summed E-state index contributed by atoms with van der Waals surface area (Å²) >= 11 is 5.41. The maximum Gasteiger partial charge on any atom is 0.282 e. The predicted molar refractivity (Wildman–Crippen MR) is 109 cm³/mol. The van der Waals surface area contributed by atoms with E-state index in [1.54, 1.807) is 25.1 Å². The Morgan fingerprint density at radius 2 is 2.12 bits per heavy atom. The highest BCUT2D eigenvalue weighted by Gasteiger charge is 2.09. The number of rotatable bonds is 3. The molecule has 6 nitrogen and oxygen atoms in total. The Balaban J connectivity index is 2.10. The summed E-state index contributed by atoms with van der Waals surface area (Å²) in [5.41, 5.74) is 1.07. The Morgan fingerprint density at radius 3 is 2.84 bits per heavy atom. The lowest BCUT2D eigenvalue weighted by atomic mass is 10.2. The average Bonchev–Trinajstić information content (AvgIpc) is 2.58. The summed E-state index contributed by atoms with van der Waals surface area (Å²) in [6.45, 7) is 1.73. The van der Waals surface area contributed by atoms with Gasteiger partial charge >= 0.3 is 0 Å². The number of ether oxygens (including phenoxy) is 1. The minimum atomic E-state index is -0.234. The first kappa shape index (κ1) is 17.9. The predicted octanol–water partition coefficient (Wildman–Crippen LogP) is 3.67. The zero-order chi connectivity index (χ0) is 18.1. The highest BCUT2D eigenvalue weighted by molar-refractivity contribution is 14.1. The van der Waals surface area contributed by atoms with Gasteiger partial charge in [0.05, 0.1) is 28.7 Å². The van der Waals surface area contributed by atoms with Gasteiger partial charge in [0, 0.05) is 3.57 Å². The lowest BCUT2D eigenvalue weighted by molar-refractivity contribution is 0.372. The van der Waals surface area contributed by atoms with Crippen molar-refractivity contribution in [1.82, 2.24) is 9.66 Å². The van der Waals surface area contributed by atoms with Crippen LogP contribution in [0.1, 0.15) is 11.4 Å². The monoisotopic (exact) mass is 513 g/mol. The molecule has 0 aliphatic carbocycles. The third kappa shape index (κ3) is 3.54. The summed E-state index contributed by atoms with van der Waals surface area (Å²) in [6, 6.07) is 8.82. The Kier molecular flexibility index (Phi) is 5.09. The molecule has 1 N–H and O–H groups in total. The molecule has 8 heteroatoms. The van der Waals surface area contributed by atoms with Gasteiger partial charge in [0.25, 0.3) is 5.56 Å². The molecule has 3 rings (SSSR count). The zero-order valence-corrected chi connectivity index (χ0v) is 17.1. The minimum Gasteiger partial charge on any atom is -0.503 e. The summed E-state index contributed by atoms with van der Waals surface area (Å²) in [6.07, 6.45) is 1.52. The van der Waals surface area contributed by atoms with E-state index in [1.807, 2.05) is 12.1 Å². The number of fused-ring (bicyclic) bond motifs is 1. The number of aromatic nitrogens is 2. The van der Waals surface area contributed by atoms with Crippen LogP contribution in [0.15, 0.2) is 44.7 Å². The lowest BCUT2D eigenvalue weighted by Gasteiger charge is -2.07. The Bertz CT molecular complexity index is 1060. The molecular formula is C17H13BrIN3O3. The van der Waals surface area contributed by atoms with Gasteiger partial charge < -0.3 is 9.84 Å². The molecule has 0 unspecified atom stereocenters. The number of hydrogen-bond donors (Lipinski definition) is 1. The van der Waals surface area contributed by atoms with Gasteiger partial charge in [0.2, 0.25) is 0 Å². The van der Waals surface area contributed by atoms with Crippen molar-refractivity contribution in [3.8, 4) is 11.5 Å². The Morgan fingerprint density at radius 1 is 1.36 bits per heavy atom. The largest absolute Gasteiger partial charge is 0.503 e. The van der Waals surface area contributed by atoms with Gasteiger partial charge in [-0.3, -0.25) is 4.79 Å². The van der Waals surface area contributed by atoms with E-state index in [-0.39, 0.29) is 11.3 Å². The molecule has 0 aliphatic rings. The van der Waals surface area contributed by atoms with E-state index in [0.29, 0.717) is 32.5 Å². The smallest absolute Gasteiger partial charge is 0.282 e. The summed E-state index contributed by atoms with van der Waals surface area (Å²) in [7, 11) is 1.46. The second-order valence-corrected chi connectivity index (χ2v) is 7.34. The van der Waals surface area contributed by atoms with E-state index < -0.39 is 0 Å². The fourth-order valence-electron chi connectivity index (χ4n) is 2.34. The third-order valence-corrected chi connectivity index (χ3v) is 4.84. The maximum atomic E-state index is 12.7. The number of aryl methyl sites for hydroxylation is 1. The van der Waals surface area contributed by atoms with Crippen LogP contribution in [-0.4, -0.2) is 28.1 Å². The summed E-state index contributed by atoms with van der Waals surface area (Å²) < 4.78 is 7.80. The molecule has 0 saturated carbocycles. The fraction of sp³-hybridized carbons (Fsp3) is 0.118. The molecule has 0 spiro atoms. The zero-order valence-electron chi connectivity index (χ0n) is 13.3. The van der Waals surface area contributed by atoms with E-state index in [4.69, 9.17) is 4.74 Å². The molecule has 0 aliphatic heterocycles. The summed E-state index contributed by atoms with van der Waals surface area (Å²) in [5.74, 6) is 0.806. The number of phenols is 1. The normalized spacial score (nSPS) is 11.4. The molecule has 0 atom stereocenters. The Labute approximate surface area is 165 Å². The van der Waals surface area contributed by atoms with Gasteiger partial charge in [-0.05, 0) is 81.3 Å². The molecule has 0 bridgehead atoms. The molecule has 2 aromatic carbocycles. The molecule has 1 aromatic heterocycles. The highest BCUT2D eigenvalue weighted by atomic mass is 127. The number of benzene rings is 2. The number of aromatic hydroxyl groups is 1. The Hall–Kier alpha value is -1.94. The molecule has 0 saturated heterocycles. The molecule has 0 amide bonds. The molecule has 25 heavy (non-hydrogen) atoms. The van der Waals surface area contributed by atoms with Crippen molar-refractivity contribution < 1.29 is 9.84 Å². The van der Waals surface area contributed by atoms with Crippen molar-refractivity contribution in [1.29, 1.82) is 0 Å². The summed E-state index contributed by atoms with van der Waals surface area (Å²) in [5, 5.41) is 14.6. The van der Waals surface area contributed by atoms with E-state index in [9.17, 15) is 9.90 Å². The highest BCUT2D eigenvalue weighted by Crippen LogP contribution is 2.34. The van der Waals surface area contributed by atoms with Crippen LogP contribution in [-0.2, 0) is 0 Å². The van der Waals surface area contributed by atoms with E-state index in [0.717, 1.165) is 3.57 Å². The van der Waals surface area contributed by atoms with Crippen LogP contribution in [0, 0.1) is 10.5 Å². The number of hydrogen-bond acceptors (Lipinski definition) is 5. The van der Waals surface area contributed by atoms with Crippen LogP contribution in [0.5, 0.6) is 11.5 Å². The lowest BCUT2D eigenvalue weighted by Crippen LogP contribution is -2.20. The first-order valence-corrected chi connectivity index (χ1v) is 9.07. The topological polar surface area (TPSA) is 76.7 Å². The maximum absolute atomic E-state index is 12.7. The van der Waals surface area contributed by atoms with Crippen molar-refractivity contribution in [3.63, 3.8) is 0 Å². The van der Waals surface area contributed by atoms with Crippen LogP contribution in [0.3, 0.4) is 0 Å². The van der Waals surface area contributed by atoms with Gasteiger partial charge in [-0.2, -0.15) is 9.78 Å². The summed E-state index contributed by atoms with van der Waals surface area (Å²) in [4.78, 5) is 17.1. The van der Waals surface area contributed by atoms with Gasteiger partial charge in [0.15, 0.2) is 11.5 Å². The number of phenolic OH excluding ortho intramolecular Hbond substituents is 1.